The summed E-state index contributed by atoms with van der Waals surface area (Å²) >= 11 is 0. The van der Waals surface area contributed by atoms with Gasteiger partial charge in [-0.3, -0.25) is 14.8 Å². The predicted molar refractivity (Wildman–Crippen MR) is 79.3 cm³/mol. The lowest BCUT2D eigenvalue weighted by Gasteiger charge is -2.26. The smallest absolute Gasteiger partial charge is 0.192 e. The Morgan fingerprint density at radius 2 is 2.00 bits per heavy atom. The summed E-state index contributed by atoms with van der Waals surface area (Å²) in [5, 5.41) is 3.34. The number of aliphatic imine (C=N–C) groups is 1. The van der Waals surface area contributed by atoms with Crippen LogP contribution in [0, 0.1) is 0 Å². The van der Waals surface area contributed by atoms with Crippen molar-refractivity contribution in [2.75, 3.05) is 5.32 Å². The molecule has 0 saturated carbocycles. The molecule has 0 amide bonds. The maximum atomic E-state index is 11.9. The monoisotopic (exact) mass is 268 g/mol. The number of nitrogens with zero attached hydrogens (tertiary/aromatic N) is 3. The molecule has 5 nitrogen and oxygen atoms in total. The van der Waals surface area contributed by atoms with Crippen LogP contribution in [0.5, 0.6) is 0 Å². The van der Waals surface area contributed by atoms with Gasteiger partial charge < -0.3 is 9.88 Å². The predicted octanol–water partition coefficient (Wildman–Crippen LogP) is 2.37. The van der Waals surface area contributed by atoms with Crippen molar-refractivity contribution < 1.29 is 0 Å². The van der Waals surface area contributed by atoms with E-state index >= 15 is 0 Å². The Bertz CT molecular complexity index is 704. The minimum Gasteiger partial charge on any atom is -0.346 e. The van der Waals surface area contributed by atoms with E-state index in [1.165, 1.54) is 0 Å². The van der Waals surface area contributed by atoms with Crippen LogP contribution in [-0.2, 0) is 0 Å². The van der Waals surface area contributed by atoms with E-state index < -0.39 is 0 Å². The molecule has 2 aromatic heterocycles. The summed E-state index contributed by atoms with van der Waals surface area (Å²) in [7, 11) is 0. The van der Waals surface area contributed by atoms with Crippen LogP contribution in [0.25, 0.3) is 0 Å². The zero-order valence-corrected chi connectivity index (χ0v) is 11.4. The van der Waals surface area contributed by atoms with Crippen LogP contribution < -0.4 is 10.7 Å². The first-order chi connectivity index (χ1) is 9.66. The van der Waals surface area contributed by atoms with Gasteiger partial charge in [0.05, 0.1) is 5.56 Å². The normalized spacial score (nSPS) is 16.9. The highest BCUT2D eigenvalue weighted by Gasteiger charge is 2.20. The largest absolute Gasteiger partial charge is 0.346 e. The van der Waals surface area contributed by atoms with Gasteiger partial charge in [-0.15, -0.1) is 0 Å². The van der Waals surface area contributed by atoms with E-state index in [4.69, 9.17) is 0 Å². The van der Waals surface area contributed by atoms with Gasteiger partial charge in [-0.05, 0) is 31.5 Å². The molecule has 1 unspecified atom stereocenters. The summed E-state index contributed by atoms with van der Waals surface area (Å²) < 4.78 is 2.05. The van der Waals surface area contributed by atoms with Crippen molar-refractivity contribution >= 4 is 12.0 Å². The van der Waals surface area contributed by atoms with Gasteiger partial charge in [-0.25, -0.2) is 0 Å². The van der Waals surface area contributed by atoms with Crippen molar-refractivity contribution in [2.45, 2.75) is 26.1 Å². The molecule has 0 saturated heterocycles. The standard InChI is InChI=1S/C15H16N4O/c1-10(2)19-8-5-13(20)12-9-17-14(18-15(12)19)11-3-6-16-7-4-11/h3-10,14,18H,1-2H3. The summed E-state index contributed by atoms with van der Waals surface area (Å²) in [6, 6.07) is 5.68. The van der Waals surface area contributed by atoms with Crippen LogP contribution in [-0.4, -0.2) is 15.8 Å². The number of pyridine rings is 2. The lowest BCUT2D eigenvalue weighted by Crippen LogP contribution is -2.25. The number of hydrogen-bond acceptors (Lipinski definition) is 4. The summed E-state index contributed by atoms with van der Waals surface area (Å²) in [6.45, 7) is 4.17. The van der Waals surface area contributed by atoms with Crippen molar-refractivity contribution in [1.82, 2.24) is 9.55 Å². The SMILES string of the molecule is CC(C)n1ccc(=O)c2c1NC(c1ccncc1)N=C2. The van der Waals surface area contributed by atoms with Crippen LogP contribution >= 0.6 is 0 Å². The van der Waals surface area contributed by atoms with Crippen molar-refractivity contribution in [3.05, 3.63) is 58.1 Å². The number of fused-ring (bicyclic) bond motifs is 1. The molecule has 0 aliphatic carbocycles. The second-order valence-electron chi connectivity index (χ2n) is 5.05. The minimum absolute atomic E-state index is 0.0127. The first-order valence-corrected chi connectivity index (χ1v) is 6.61. The fourth-order valence-corrected chi connectivity index (χ4v) is 2.31. The topological polar surface area (TPSA) is 59.3 Å². The third-order valence-electron chi connectivity index (χ3n) is 3.37. The molecule has 0 fully saturated rings. The molecule has 0 aromatic carbocycles. The maximum Gasteiger partial charge on any atom is 0.192 e. The van der Waals surface area contributed by atoms with Gasteiger partial charge in [0.15, 0.2) is 5.43 Å². The highest BCUT2D eigenvalue weighted by molar-refractivity contribution is 5.88. The van der Waals surface area contributed by atoms with Gasteiger partial charge in [-0.2, -0.15) is 0 Å². The Balaban J connectivity index is 2.07. The van der Waals surface area contributed by atoms with E-state index in [1.807, 2.05) is 18.3 Å². The van der Waals surface area contributed by atoms with Gasteiger partial charge >= 0.3 is 0 Å². The third-order valence-corrected chi connectivity index (χ3v) is 3.37. The van der Waals surface area contributed by atoms with Crippen molar-refractivity contribution in [3.8, 4) is 0 Å². The third kappa shape index (κ3) is 2.11. The number of rotatable bonds is 2. The van der Waals surface area contributed by atoms with E-state index in [9.17, 15) is 4.79 Å². The molecular formula is C15H16N4O. The zero-order valence-electron chi connectivity index (χ0n) is 11.4. The molecule has 102 valence electrons. The quantitative estimate of drug-likeness (QED) is 0.909. The van der Waals surface area contributed by atoms with Crippen LogP contribution in [0.15, 0.2) is 46.6 Å². The van der Waals surface area contributed by atoms with Crippen LogP contribution in [0.3, 0.4) is 0 Å². The van der Waals surface area contributed by atoms with Gasteiger partial charge in [0.1, 0.15) is 12.0 Å². The Kier molecular flexibility index (Phi) is 3.10. The second kappa shape index (κ2) is 4.92. The Labute approximate surface area is 117 Å². The summed E-state index contributed by atoms with van der Waals surface area (Å²) in [5.41, 5.74) is 1.63. The molecule has 20 heavy (non-hydrogen) atoms. The molecule has 1 atom stereocenters. The first kappa shape index (κ1) is 12.6. The van der Waals surface area contributed by atoms with Gasteiger partial charge in [0, 0.05) is 36.9 Å². The minimum atomic E-state index is -0.183. The van der Waals surface area contributed by atoms with Gasteiger partial charge in [-0.1, -0.05) is 0 Å². The lowest BCUT2D eigenvalue weighted by molar-refractivity contribution is 0.593. The van der Waals surface area contributed by atoms with Gasteiger partial charge in [0.2, 0.25) is 0 Å². The molecule has 0 radical (unpaired) electrons. The van der Waals surface area contributed by atoms with Crippen molar-refractivity contribution in [2.24, 2.45) is 4.99 Å². The molecule has 5 heteroatoms. The zero-order chi connectivity index (χ0) is 14.1. The highest BCUT2D eigenvalue weighted by Crippen LogP contribution is 2.27. The van der Waals surface area contributed by atoms with E-state index in [1.54, 1.807) is 24.7 Å². The fourth-order valence-electron chi connectivity index (χ4n) is 2.31. The molecule has 3 rings (SSSR count). The Morgan fingerprint density at radius 1 is 1.25 bits per heavy atom. The highest BCUT2D eigenvalue weighted by atomic mass is 16.1. The molecule has 1 aliphatic rings. The number of anilines is 1. The van der Waals surface area contributed by atoms with E-state index in [-0.39, 0.29) is 17.6 Å². The fraction of sp³-hybridized carbons (Fsp3) is 0.267. The van der Waals surface area contributed by atoms with Crippen molar-refractivity contribution in [1.29, 1.82) is 0 Å². The van der Waals surface area contributed by atoms with E-state index in [2.05, 4.69) is 33.7 Å². The second-order valence-corrected chi connectivity index (χ2v) is 5.05. The number of hydrogen-bond donors (Lipinski definition) is 1. The average molecular weight is 268 g/mol. The first-order valence-electron chi connectivity index (χ1n) is 6.61. The summed E-state index contributed by atoms with van der Waals surface area (Å²) in [6.07, 6.45) is 6.78. The summed E-state index contributed by atoms with van der Waals surface area (Å²) in [5.74, 6) is 0.823. The van der Waals surface area contributed by atoms with Gasteiger partial charge in [0.25, 0.3) is 0 Å². The maximum absolute atomic E-state index is 11.9. The molecule has 3 heterocycles. The van der Waals surface area contributed by atoms with Crippen LogP contribution in [0.4, 0.5) is 5.82 Å². The van der Waals surface area contributed by atoms with E-state index in [0.717, 1.165) is 11.4 Å². The molecule has 0 spiro atoms. The molecular weight excluding hydrogens is 252 g/mol. The molecule has 1 aliphatic heterocycles. The number of nitrogens with one attached hydrogen (secondary N) is 1. The Morgan fingerprint density at radius 3 is 2.70 bits per heavy atom. The molecule has 1 N–H and O–H groups in total. The van der Waals surface area contributed by atoms with E-state index in [0.29, 0.717) is 5.56 Å². The van der Waals surface area contributed by atoms with Crippen molar-refractivity contribution in [3.63, 3.8) is 0 Å². The average Bonchev–Trinajstić information content (AvgIpc) is 2.48. The van der Waals surface area contributed by atoms with Crippen LogP contribution in [0.2, 0.25) is 0 Å². The molecule has 0 bridgehead atoms. The number of aromatic nitrogens is 2. The van der Waals surface area contributed by atoms with Crippen LogP contribution in [0.1, 0.15) is 37.2 Å². The Hall–Kier alpha value is -2.43. The summed E-state index contributed by atoms with van der Waals surface area (Å²) in [4.78, 5) is 20.4. The lowest BCUT2D eigenvalue weighted by atomic mass is 10.1. The molecule has 2 aromatic rings.